The van der Waals surface area contributed by atoms with E-state index in [-0.39, 0.29) is 17.6 Å². The van der Waals surface area contributed by atoms with Crippen LogP contribution < -0.4 is 20.9 Å². The molecule has 0 heterocycles. The lowest BCUT2D eigenvalue weighted by Gasteiger charge is -2.20. The van der Waals surface area contributed by atoms with Crippen LogP contribution in [0.3, 0.4) is 0 Å². The van der Waals surface area contributed by atoms with Crippen molar-refractivity contribution in [3.63, 3.8) is 0 Å². The molecule has 0 saturated carbocycles. The molecular weight excluding hydrogens is 422 g/mol. The number of hydrogen-bond donors (Lipinski definition) is 3. The zero-order valence-electron chi connectivity index (χ0n) is 18.5. The third-order valence-electron chi connectivity index (χ3n) is 4.96. The van der Waals surface area contributed by atoms with Gasteiger partial charge in [0.1, 0.15) is 0 Å². The van der Waals surface area contributed by atoms with Crippen molar-refractivity contribution in [2.24, 2.45) is 0 Å². The van der Waals surface area contributed by atoms with Crippen molar-refractivity contribution in [1.82, 2.24) is 5.32 Å². The number of carbonyl (C=O) groups excluding carboxylic acids is 2. The van der Waals surface area contributed by atoms with Gasteiger partial charge in [-0.3, -0.25) is 14.9 Å². The molecule has 0 spiro atoms. The molecule has 0 aliphatic heterocycles. The molecule has 0 aromatic heterocycles. The summed E-state index contributed by atoms with van der Waals surface area (Å²) in [4.78, 5) is 37.5. The number of nitro benzene ring substituents is 1. The molecule has 3 aromatic carbocycles. The Labute approximate surface area is 191 Å². The van der Waals surface area contributed by atoms with E-state index >= 15 is 0 Å². The molecule has 0 aliphatic rings. The second-order valence-electron chi connectivity index (χ2n) is 7.62. The number of nitro groups is 1. The Balaban J connectivity index is 1.74. The van der Waals surface area contributed by atoms with Crippen LogP contribution in [0.15, 0.2) is 72.8 Å². The number of urea groups is 1. The van der Waals surface area contributed by atoms with Crippen molar-refractivity contribution >= 4 is 34.7 Å². The predicted octanol–water partition coefficient (Wildman–Crippen LogP) is 4.80. The Kier molecular flexibility index (Phi) is 7.24. The number of rotatable bonds is 7. The van der Waals surface area contributed by atoms with Crippen LogP contribution in [0.1, 0.15) is 28.9 Å². The molecule has 9 heteroatoms. The van der Waals surface area contributed by atoms with E-state index in [0.29, 0.717) is 22.6 Å². The average molecular weight is 447 g/mol. The minimum Gasteiger partial charge on any atom is -0.377 e. The monoisotopic (exact) mass is 447 g/mol. The SMILES string of the molecule is CC(NC(=O)c1cc(NC(=O)Nc2ccc([N+](=O)[O-])cc2)ccc1N(C)C)c1ccccc1. The van der Waals surface area contributed by atoms with Crippen LogP contribution in [-0.4, -0.2) is 31.0 Å². The second-order valence-corrected chi connectivity index (χ2v) is 7.62. The molecular formula is C24H25N5O4. The summed E-state index contributed by atoms with van der Waals surface area (Å²) in [6.45, 7) is 1.91. The fraction of sp³-hybridized carbons (Fsp3) is 0.167. The molecule has 3 aromatic rings. The summed E-state index contributed by atoms with van der Waals surface area (Å²) >= 11 is 0. The Hall–Kier alpha value is -4.40. The van der Waals surface area contributed by atoms with Gasteiger partial charge in [-0.25, -0.2) is 4.79 Å². The van der Waals surface area contributed by atoms with Crippen LogP contribution in [0.4, 0.5) is 27.5 Å². The summed E-state index contributed by atoms with van der Waals surface area (Å²) in [7, 11) is 3.67. The van der Waals surface area contributed by atoms with Crippen molar-refractivity contribution in [1.29, 1.82) is 0 Å². The van der Waals surface area contributed by atoms with Crippen molar-refractivity contribution < 1.29 is 14.5 Å². The maximum atomic E-state index is 13.0. The van der Waals surface area contributed by atoms with Crippen LogP contribution in [0.25, 0.3) is 0 Å². The van der Waals surface area contributed by atoms with E-state index in [9.17, 15) is 19.7 Å². The standard InChI is InChI=1S/C24H25N5O4/c1-16(17-7-5-4-6-8-17)25-23(30)21-15-19(11-14-22(21)28(2)3)27-24(31)26-18-9-12-20(13-10-18)29(32)33/h4-16H,1-3H3,(H,25,30)(H2,26,27,31). The number of benzene rings is 3. The van der Waals surface area contributed by atoms with Gasteiger partial charge in [0, 0.05) is 43.3 Å². The molecule has 3 amide bonds. The summed E-state index contributed by atoms with van der Waals surface area (Å²) in [6, 6.07) is 19.4. The molecule has 0 radical (unpaired) electrons. The first-order valence-corrected chi connectivity index (χ1v) is 10.2. The molecule has 3 rings (SSSR count). The van der Waals surface area contributed by atoms with Crippen LogP contribution in [0.2, 0.25) is 0 Å². The topological polar surface area (TPSA) is 117 Å². The molecule has 1 unspecified atom stereocenters. The maximum absolute atomic E-state index is 13.0. The quantitative estimate of drug-likeness (QED) is 0.355. The number of amides is 3. The van der Waals surface area contributed by atoms with E-state index < -0.39 is 11.0 Å². The van der Waals surface area contributed by atoms with Gasteiger partial charge >= 0.3 is 6.03 Å². The lowest BCUT2D eigenvalue weighted by molar-refractivity contribution is -0.384. The summed E-state index contributed by atoms with van der Waals surface area (Å²) in [5.74, 6) is -0.269. The van der Waals surface area contributed by atoms with Gasteiger partial charge in [0.15, 0.2) is 0 Å². The molecule has 0 aliphatic carbocycles. The molecule has 1 atom stereocenters. The number of nitrogens with one attached hydrogen (secondary N) is 3. The van der Waals surface area contributed by atoms with Gasteiger partial charge in [-0.05, 0) is 42.8 Å². The largest absolute Gasteiger partial charge is 0.377 e. The zero-order chi connectivity index (χ0) is 24.0. The van der Waals surface area contributed by atoms with Crippen molar-refractivity contribution in [3.8, 4) is 0 Å². The van der Waals surface area contributed by atoms with Crippen LogP contribution in [0.5, 0.6) is 0 Å². The highest BCUT2D eigenvalue weighted by Crippen LogP contribution is 2.24. The molecule has 170 valence electrons. The number of non-ortho nitro benzene ring substituents is 1. The van der Waals surface area contributed by atoms with E-state index in [2.05, 4.69) is 16.0 Å². The summed E-state index contributed by atoms with van der Waals surface area (Å²) in [5.41, 5.74) is 2.86. The average Bonchev–Trinajstić information content (AvgIpc) is 2.79. The maximum Gasteiger partial charge on any atom is 0.323 e. The van der Waals surface area contributed by atoms with Crippen molar-refractivity contribution in [3.05, 3.63) is 94.0 Å². The van der Waals surface area contributed by atoms with Crippen LogP contribution >= 0.6 is 0 Å². The Morgan fingerprint density at radius 1 is 0.909 bits per heavy atom. The highest BCUT2D eigenvalue weighted by molar-refractivity contribution is 6.04. The third-order valence-corrected chi connectivity index (χ3v) is 4.96. The zero-order valence-corrected chi connectivity index (χ0v) is 18.5. The smallest absolute Gasteiger partial charge is 0.323 e. The van der Waals surface area contributed by atoms with Crippen LogP contribution in [0, 0.1) is 10.1 Å². The molecule has 0 saturated heterocycles. The molecule has 0 bridgehead atoms. The van der Waals surface area contributed by atoms with Gasteiger partial charge in [-0.15, -0.1) is 0 Å². The molecule has 33 heavy (non-hydrogen) atoms. The van der Waals surface area contributed by atoms with Gasteiger partial charge in [-0.1, -0.05) is 30.3 Å². The number of anilines is 3. The van der Waals surface area contributed by atoms with Crippen LogP contribution in [-0.2, 0) is 0 Å². The Bertz CT molecular complexity index is 1150. The lowest BCUT2D eigenvalue weighted by Crippen LogP contribution is -2.28. The van der Waals surface area contributed by atoms with E-state index in [1.807, 2.05) is 56.3 Å². The first-order valence-electron chi connectivity index (χ1n) is 10.2. The number of carbonyl (C=O) groups is 2. The highest BCUT2D eigenvalue weighted by Gasteiger charge is 2.17. The summed E-state index contributed by atoms with van der Waals surface area (Å²) < 4.78 is 0. The van der Waals surface area contributed by atoms with Gasteiger partial charge in [0.25, 0.3) is 11.6 Å². The van der Waals surface area contributed by atoms with Gasteiger partial charge in [-0.2, -0.15) is 0 Å². The second kappa shape index (κ2) is 10.3. The Morgan fingerprint density at radius 3 is 2.12 bits per heavy atom. The van der Waals surface area contributed by atoms with E-state index in [4.69, 9.17) is 0 Å². The first-order chi connectivity index (χ1) is 15.7. The minimum atomic E-state index is -0.537. The predicted molar refractivity (Wildman–Crippen MR) is 129 cm³/mol. The van der Waals surface area contributed by atoms with Gasteiger partial charge in [0.2, 0.25) is 0 Å². The molecule has 3 N–H and O–H groups in total. The molecule has 0 fully saturated rings. The minimum absolute atomic E-state index is 0.0689. The van der Waals surface area contributed by atoms with E-state index in [1.165, 1.54) is 24.3 Å². The van der Waals surface area contributed by atoms with Crippen molar-refractivity contribution in [2.75, 3.05) is 29.6 Å². The highest BCUT2D eigenvalue weighted by atomic mass is 16.6. The summed E-state index contributed by atoms with van der Waals surface area (Å²) in [5, 5.41) is 19.1. The van der Waals surface area contributed by atoms with Gasteiger partial charge < -0.3 is 20.9 Å². The number of nitrogens with zero attached hydrogens (tertiary/aromatic N) is 2. The lowest BCUT2D eigenvalue weighted by atomic mass is 10.1. The van der Waals surface area contributed by atoms with Gasteiger partial charge in [0.05, 0.1) is 16.5 Å². The summed E-state index contributed by atoms with van der Waals surface area (Å²) in [6.07, 6.45) is 0. The Morgan fingerprint density at radius 2 is 1.52 bits per heavy atom. The van der Waals surface area contributed by atoms with E-state index in [1.54, 1.807) is 18.2 Å². The van der Waals surface area contributed by atoms with E-state index in [0.717, 1.165) is 5.56 Å². The fourth-order valence-corrected chi connectivity index (χ4v) is 3.24. The first kappa shape index (κ1) is 23.3. The third kappa shape index (κ3) is 6.07. The normalized spacial score (nSPS) is 11.2. The number of hydrogen-bond acceptors (Lipinski definition) is 5. The fourth-order valence-electron chi connectivity index (χ4n) is 3.24. The van der Waals surface area contributed by atoms with Crippen molar-refractivity contribution in [2.45, 2.75) is 13.0 Å². The molecule has 9 nitrogen and oxygen atoms in total.